The minimum absolute atomic E-state index is 0.0331. The molecule has 36 heavy (non-hydrogen) atoms. The first kappa shape index (κ1) is 23.8. The number of rotatable bonds is 8. The molecule has 1 aliphatic heterocycles. The fourth-order valence-corrected chi connectivity index (χ4v) is 4.53. The SMILES string of the molecule is CC(=O)NC1[C@H]2CN(c3ccc(CNc4ccc(OCc5ccc(C(F)(F)F)nc5)nn4)cc3)C[C@@H]12. The number of carbonyl (C=O) groups excluding carboxylic acids is 1. The number of nitrogens with zero attached hydrogens (tertiary/aromatic N) is 4. The molecule has 8 nitrogen and oxygen atoms in total. The number of benzene rings is 1. The minimum Gasteiger partial charge on any atom is -0.472 e. The van der Waals surface area contributed by atoms with Gasteiger partial charge in [-0.05, 0) is 29.8 Å². The van der Waals surface area contributed by atoms with Gasteiger partial charge in [-0.25, -0.2) is 0 Å². The predicted octanol–water partition coefficient (Wildman–Crippen LogP) is 3.65. The molecule has 3 aromatic rings. The van der Waals surface area contributed by atoms with Gasteiger partial charge in [0.15, 0.2) is 0 Å². The van der Waals surface area contributed by atoms with E-state index in [-0.39, 0.29) is 18.4 Å². The van der Waals surface area contributed by atoms with Crippen LogP contribution in [0, 0.1) is 11.8 Å². The third-order valence-electron chi connectivity index (χ3n) is 6.48. The summed E-state index contributed by atoms with van der Waals surface area (Å²) >= 11 is 0. The Balaban J connectivity index is 1.06. The van der Waals surface area contributed by atoms with Crippen molar-refractivity contribution in [2.45, 2.75) is 32.3 Å². The lowest BCUT2D eigenvalue weighted by molar-refractivity contribution is -0.141. The maximum Gasteiger partial charge on any atom is 0.433 e. The monoisotopic (exact) mass is 498 g/mol. The van der Waals surface area contributed by atoms with Crippen molar-refractivity contribution in [3.63, 3.8) is 0 Å². The zero-order chi connectivity index (χ0) is 25.3. The molecule has 1 aliphatic carbocycles. The quantitative estimate of drug-likeness (QED) is 0.490. The molecule has 0 spiro atoms. The summed E-state index contributed by atoms with van der Waals surface area (Å²) in [6.45, 7) is 4.10. The summed E-state index contributed by atoms with van der Waals surface area (Å²) < 4.78 is 43.2. The highest BCUT2D eigenvalue weighted by Crippen LogP contribution is 2.46. The molecule has 1 amide bonds. The van der Waals surface area contributed by atoms with Gasteiger partial charge in [-0.15, -0.1) is 10.2 Å². The molecule has 2 aromatic heterocycles. The van der Waals surface area contributed by atoms with E-state index in [0.29, 0.717) is 35.8 Å². The number of pyridine rings is 1. The second-order valence-electron chi connectivity index (χ2n) is 9.07. The second-order valence-corrected chi connectivity index (χ2v) is 9.07. The van der Waals surface area contributed by atoms with Gasteiger partial charge in [0, 0.05) is 67.9 Å². The number of hydrogen-bond donors (Lipinski definition) is 2. The molecule has 1 saturated heterocycles. The van der Waals surface area contributed by atoms with Crippen molar-refractivity contribution in [3.8, 4) is 5.88 Å². The highest BCUT2D eigenvalue weighted by Gasteiger charge is 2.56. The van der Waals surface area contributed by atoms with Crippen molar-refractivity contribution in [1.29, 1.82) is 0 Å². The van der Waals surface area contributed by atoms with E-state index >= 15 is 0 Å². The van der Waals surface area contributed by atoms with E-state index in [1.165, 1.54) is 11.8 Å². The van der Waals surface area contributed by atoms with Gasteiger partial charge in [0.25, 0.3) is 0 Å². The second kappa shape index (κ2) is 9.63. The standard InChI is InChI=1S/C25H25F3N6O2/c1-15(35)31-24-19-12-34(13-20(19)24)18-5-2-16(3-6-18)10-30-22-8-9-23(33-32-22)36-14-17-4-7-21(29-11-17)25(26,27)28/h2-9,11,19-20,24H,10,12-14H2,1H3,(H,30,32)(H,31,35)/t19-,20+,24?. The average molecular weight is 499 g/mol. The van der Waals surface area contributed by atoms with Crippen LogP contribution in [0.25, 0.3) is 0 Å². The van der Waals surface area contributed by atoms with Crippen molar-refractivity contribution in [2.24, 2.45) is 11.8 Å². The molecule has 0 bridgehead atoms. The summed E-state index contributed by atoms with van der Waals surface area (Å²) in [5.74, 6) is 1.97. The van der Waals surface area contributed by atoms with E-state index in [1.54, 1.807) is 19.1 Å². The van der Waals surface area contributed by atoms with Crippen molar-refractivity contribution < 1.29 is 22.7 Å². The number of fused-ring (bicyclic) bond motifs is 1. The Morgan fingerprint density at radius 1 is 1.03 bits per heavy atom. The summed E-state index contributed by atoms with van der Waals surface area (Å²) in [6, 6.07) is 14.3. The van der Waals surface area contributed by atoms with Crippen LogP contribution in [0.3, 0.4) is 0 Å². The third-order valence-corrected chi connectivity index (χ3v) is 6.48. The van der Waals surface area contributed by atoms with Gasteiger partial charge in [-0.1, -0.05) is 18.2 Å². The molecule has 2 fully saturated rings. The average Bonchev–Trinajstić information content (AvgIpc) is 3.28. The first-order valence-corrected chi connectivity index (χ1v) is 11.6. The number of anilines is 2. The van der Waals surface area contributed by atoms with E-state index in [1.807, 2.05) is 0 Å². The Hall–Kier alpha value is -3.89. The molecular formula is C25H25F3N6O2. The number of amides is 1. The molecule has 1 saturated carbocycles. The Kier molecular flexibility index (Phi) is 6.38. The van der Waals surface area contributed by atoms with Crippen molar-refractivity contribution in [2.75, 3.05) is 23.3 Å². The third kappa shape index (κ3) is 5.50. The minimum atomic E-state index is -4.47. The largest absolute Gasteiger partial charge is 0.472 e. The lowest BCUT2D eigenvalue weighted by Crippen LogP contribution is -2.33. The van der Waals surface area contributed by atoms with Gasteiger partial charge < -0.3 is 20.3 Å². The highest BCUT2D eigenvalue weighted by molar-refractivity contribution is 5.74. The number of hydrogen-bond acceptors (Lipinski definition) is 7. The van der Waals surface area contributed by atoms with Gasteiger partial charge in [0.05, 0.1) is 0 Å². The molecule has 11 heteroatoms. The molecular weight excluding hydrogens is 473 g/mol. The number of ether oxygens (including phenoxy) is 1. The molecule has 2 aliphatic rings. The topological polar surface area (TPSA) is 92.3 Å². The van der Waals surface area contributed by atoms with Crippen LogP contribution in [0.2, 0.25) is 0 Å². The van der Waals surface area contributed by atoms with Crippen LogP contribution >= 0.6 is 0 Å². The van der Waals surface area contributed by atoms with Gasteiger partial charge in [-0.2, -0.15) is 13.2 Å². The summed E-state index contributed by atoms with van der Waals surface area (Å²) in [4.78, 5) is 17.0. The lowest BCUT2D eigenvalue weighted by Gasteiger charge is -2.22. The summed E-state index contributed by atoms with van der Waals surface area (Å²) in [5, 5.41) is 14.3. The van der Waals surface area contributed by atoms with E-state index in [4.69, 9.17) is 4.74 Å². The fourth-order valence-electron chi connectivity index (χ4n) is 4.53. The Labute approximate surface area is 205 Å². The van der Waals surface area contributed by atoms with Gasteiger partial charge in [-0.3, -0.25) is 9.78 Å². The Bertz CT molecular complexity index is 1190. The molecule has 3 atom stereocenters. The number of carbonyl (C=O) groups is 1. The van der Waals surface area contributed by atoms with E-state index in [0.717, 1.165) is 30.9 Å². The van der Waals surface area contributed by atoms with Crippen LogP contribution in [-0.4, -0.2) is 40.2 Å². The first-order valence-electron chi connectivity index (χ1n) is 11.6. The zero-order valence-electron chi connectivity index (χ0n) is 19.5. The first-order chi connectivity index (χ1) is 17.3. The van der Waals surface area contributed by atoms with Crippen LogP contribution in [-0.2, 0) is 24.1 Å². The van der Waals surface area contributed by atoms with Crippen molar-refractivity contribution >= 4 is 17.4 Å². The highest BCUT2D eigenvalue weighted by atomic mass is 19.4. The summed E-state index contributed by atoms with van der Waals surface area (Å²) in [5.41, 5.74) is 1.82. The van der Waals surface area contributed by atoms with E-state index in [9.17, 15) is 18.0 Å². The number of nitrogens with one attached hydrogen (secondary N) is 2. The lowest BCUT2D eigenvalue weighted by atomic mass is 10.2. The normalized spacial score (nSPS) is 20.6. The predicted molar refractivity (Wildman–Crippen MR) is 126 cm³/mol. The summed E-state index contributed by atoms with van der Waals surface area (Å²) in [7, 11) is 0. The molecule has 0 radical (unpaired) electrons. The molecule has 1 aromatic carbocycles. The Morgan fingerprint density at radius 3 is 2.33 bits per heavy atom. The molecule has 2 N–H and O–H groups in total. The smallest absolute Gasteiger partial charge is 0.433 e. The van der Waals surface area contributed by atoms with E-state index < -0.39 is 11.9 Å². The maximum atomic E-state index is 12.6. The Morgan fingerprint density at radius 2 is 1.75 bits per heavy atom. The van der Waals surface area contributed by atoms with Gasteiger partial charge >= 0.3 is 6.18 Å². The van der Waals surface area contributed by atoms with Crippen LogP contribution in [0.15, 0.2) is 54.7 Å². The zero-order valence-corrected chi connectivity index (χ0v) is 19.5. The van der Waals surface area contributed by atoms with Crippen molar-refractivity contribution in [3.05, 3.63) is 71.5 Å². The summed E-state index contributed by atoms with van der Waals surface area (Å²) in [6.07, 6.45) is -3.34. The molecule has 188 valence electrons. The van der Waals surface area contributed by atoms with Gasteiger partial charge in [0.2, 0.25) is 11.8 Å². The van der Waals surface area contributed by atoms with Crippen molar-refractivity contribution in [1.82, 2.24) is 20.5 Å². The fraction of sp³-hybridized carbons (Fsp3) is 0.360. The van der Waals surface area contributed by atoms with E-state index in [2.05, 4.69) is 55.0 Å². The van der Waals surface area contributed by atoms with Crippen LogP contribution < -0.4 is 20.3 Å². The van der Waals surface area contributed by atoms with Crippen LogP contribution in [0.4, 0.5) is 24.7 Å². The van der Waals surface area contributed by atoms with Crippen LogP contribution in [0.1, 0.15) is 23.7 Å². The number of halogens is 3. The molecule has 1 unspecified atom stereocenters. The van der Waals surface area contributed by atoms with Gasteiger partial charge in [0.1, 0.15) is 18.1 Å². The maximum absolute atomic E-state index is 12.6. The molecule has 3 heterocycles. The molecule has 5 rings (SSSR count). The number of piperidine rings is 1. The van der Waals surface area contributed by atoms with Crippen LogP contribution in [0.5, 0.6) is 5.88 Å². The number of alkyl halides is 3. The number of aromatic nitrogens is 3.